The van der Waals surface area contributed by atoms with Crippen molar-refractivity contribution in [1.82, 2.24) is 9.88 Å². The van der Waals surface area contributed by atoms with Gasteiger partial charge in [0.25, 0.3) is 0 Å². The number of nitrogens with zero attached hydrogens (tertiary/aromatic N) is 1. The van der Waals surface area contributed by atoms with Crippen LogP contribution >= 0.6 is 0 Å². The molecule has 30 heavy (non-hydrogen) atoms. The van der Waals surface area contributed by atoms with Gasteiger partial charge in [0.15, 0.2) is 5.43 Å². The first kappa shape index (κ1) is 19.5. The summed E-state index contributed by atoms with van der Waals surface area (Å²) in [5, 5.41) is 4.08. The van der Waals surface area contributed by atoms with Gasteiger partial charge in [-0.25, -0.2) is 0 Å². The molecular formula is C24H22N2O4. The number of aromatic nitrogens is 1. The van der Waals surface area contributed by atoms with Gasteiger partial charge in [-0.2, -0.15) is 0 Å². The van der Waals surface area contributed by atoms with Crippen molar-refractivity contribution in [2.75, 3.05) is 20.3 Å². The van der Waals surface area contributed by atoms with E-state index >= 15 is 0 Å². The van der Waals surface area contributed by atoms with E-state index < -0.39 is 0 Å². The van der Waals surface area contributed by atoms with Gasteiger partial charge in [-0.05, 0) is 36.4 Å². The van der Waals surface area contributed by atoms with Crippen molar-refractivity contribution in [2.24, 2.45) is 0 Å². The maximum atomic E-state index is 12.8. The van der Waals surface area contributed by atoms with E-state index in [0.717, 1.165) is 11.0 Å². The summed E-state index contributed by atoms with van der Waals surface area (Å²) < 4.78 is 12.7. The molecule has 1 heterocycles. The second-order valence-electron chi connectivity index (χ2n) is 6.83. The van der Waals surface area contributed by atoms with Gasteiger partial charge in [0.05, 0.1) is 24.7 Å². The fourth-order valence-electron chi connectivity index (χ4n) is 3.50. The summed E-state index contributed by atoms with van der Waals surface area (Å²) in [5.41, 5.74) is 1.46. The van der Waals surface area contributed by atoms with Crippen LogP contribution in [0.25, 0.3) is 21.8 Å². The van der Waals surface area contributed by atoms with Gasteiger partial charge < -0.3 is 19.4 Å². The van der Waals surface area contributed by atoms with Crippen molar-refractivity contribution in [1.29, 1.82) is 0 Å². The normalized spacial score (nSPS) is 10.8. The van der Waals surface area contributed by atoms with Crippen molar-refractivity contribution >= 4 is 27.7 Å². The third-order valence-corrected chi connectivity index (χ3v) is 4.91. The molecule has 1 aromatic heterocycles. The Labute approximate surface area is 173 Å². The van der Waals surface area contributed by atoms with Crippen LogP contribution in [-0.4, -0.2) is 30.7 Å². The van der Waals surface area contributed by atoms with Crippen molar-refractivity contribution in [3.05, 3.63) is 83.0 Å². The first-order chi connectivity index (χ1) is 14.7. The van der Waals surface area contributed by atoms with E-state index in [0.29, 0.717) is 35.4 Å². The van der Waals surface area contributed by atoms with Crippen LogP contribution < -0.4 is 20.2 Å². The quantitative estimate of drug-likeness (QED) is 0.380. The number of fused-ring (bicyclic) bond motifs is 2. The number of ether oxygens (including phenoxy) is 2. The molecule has 4 aromatic rings. The van der Waals surface area contributed by atoms with Crippen LogP contribution in [0.3, 0.4) is 0 Å². The van der Waals surface area contributed by atoms with Gasteiger partial charge >= 0.3 is 0 Å². The molecule has 0 saturated heterocycles. The number of pyridine rings is 1. The van der Waals surface area contributed by atoms with Crippen LogP contribution in [0.2, 0.25) is 0 Å². The third kappa shape index (κ3) is 3.98. The lowest BCUT2D eigenvalue weighted by atomic mass is 10.1. The molecule has 0 fully saturated rings. The average Bonchev–Trinajstić information content (AvgIpc) is 2.79. The maximum Gasteiger partial charge on any atom is 0.240 e. The molecule has 3 aromatic carbocycles. The van der Waals surface area contributed by atoms with Gasteiger partial charge in [-0.3, -0.25) is 9.59 Å². The predicted octanol–water partition coefficient (Wildman–Crippen LogP) is 3.36. The lowest BCUT2D eigenvalue weighted by Gasteiger charge is -2.15. The number of nitrogens with one attached hydrogen (secondary N) is 1. The minimum absolute atomic E-state index is 0.0236. The lowest BCUT2D eigenvalue weighted by molar-refractivity contribution is -0.121. The van der Waals surface area contributed by atoms with E-state index in [4.69, 9.17) is 9.47 Å². The Morgan fingerprint density at radius 2 is 1.53 bits per heavy atom. The number of methoxy groups -OCH3 is 1. The van der Waals surface area contributed by atoms with Crippen LogP contribution in [0.4, 0.5) is 0 Å². The van der Waals surface area contributed by atoms with E-state index in [1.165, 1.54) is 0 Å². The smallest absolute Gasteiger partial charge is 0.240 e. The summed E-state index contributed by atoms with van der Waals surface area (Å²) in [4.78, 5) is 25.4. The standard InChI is InChI=1S/C24H22N2O4/c1-29-17-7-6-8-18(15-17)30-14-13-25-23(27)16-26-21-11-4-2-9-19(21)24(28)20-10-3-5-12-22(20)26/h2-12,15H,13-14,16H2,1H3,(H,25,27). The molecule has 0 saturated carbocycles. The number of para-hydroxylation sites is 2. The molecule has 0 aliphatic carbocycles. The topological polar surface area (TPSA) is 69.6 Å². The summed E-state index contributed by atoms with van der Waals surface area (Å²) in [5.74, 6) is 1.25. The molecule has 4 rings (SSSR count). The molecule has 0 aliphatic heterocycles. The number of hydrogen-bond donors (Lipinski definition) is 1. The lowest BCUT2D eigenvalue weighted by Crippen LogP contribution is -2.31. The van der Waals surface area contributed by atoms with E-state index in [-0.39, 0.29) is 17.9 Å². The molecule has 6 heteroatoms. The van der Waals surface area contributed by atoms with Crippen molar-refractivity contribution in [2.45, 2.75) is 6.54 Å². The predicted molar refractivity (Wildman–Crippen MR) is 117 cm³/mol. The number of carbonyl (C=O) groups excluding carboxylic acids is 1. The number of rotatable bonds is 7. The van der Waals surface area contributed by atoms with Gasteiger partial charge in [0, 0.05) is 16.8 Å². The number of carbonyl (C=O) groups is 1. The molecule has 0 radical (unpaired) electrons. The summed E-state index contributed by atoms with van der Waals surface area (Å²) in [7, 11) is 1.60. The molecular weight excluding hydrogens is 380 g/mol. The minimum atomic E-state index is -0.150. The zero-order valence-electron chi connectivity index (χ0n) is 16.6. The van der Waals surface area contributed by atoms with Gasteiger partial charge in [-0.15, -0.1) is 0 Å². The maximum absolute atomic E-state index is 12.8. The van der Waals surface area contributed by atoms with Crippen molar-refractivity contribution in [3.63, 3.8) is 0 Å². The molecule has 0 aliphatic rings. The fourth-order valence-corrected chi connectivity index (χ4v) is 3.50. The summed E-state index contributed by atoms with van der Waals surface area (Å²) in [6.07, 6.45) is 0. The van der Waals surface area contributed by atoms with Crippen LogP contribution in [0.15, 0.2) is 77.6 Å². The molecule has 0 atom stereocenters. The number of benzene rings is 3. The van der Waals surface area contributed by atoms with Crippen molar-refractivity contribution < 1.29 is 14.3 Å². The number of hydrogen-bond acceptors (Lipinski definition) is 4. The van der Waals surface area contributed by atoms with Gasteiger partial charge in [0.2, 0.25) is 5.91 Å². The Morgan fingerprint density at radius 3 is 2.20 bits per heavy atom. The van der Waals surface area contributed by atoms with E-state index in [1.54, 1.807) is 25.3 Å². The summed E-state index contributed by atoms with van der Waals surface area (Å²) in [6, 6.07) is 22.0. The summed E-state index contributed by atoms with van der Waals surface area (Å²) >= 11 is 0. The van der Waals surface area contributed by atoms with Crippen LogP contribution in [-0.2, 0) is 11.3 Å². The first-order valence-corrected chi connectivity index (χ1v) is 9.71. The molecule has 6 nitrogen and oxygen atoms in total. The molecule has 1 amide bonds. The zero-order valence-corrected chi connectivity index (χ0v) is 16.6. The van der Waals surface area contributed by atoms with E-state index in [2.05, 4.69) is 5.32 Å². The summed E-state index contributed by atoms with van der Waals surface area (Å²) in [6.45, 7) is 0.817. The highest BCUT2D eigenvalue weighted by Gasteiger charge is 2.12. The van der Waals surface area contributed by atoms with Crippen LogP contribution in [0, 0.1) is 0 Å². The van der Waals surface area contributed by atoms with E-state index in [1.807, 2.05) is 59.2 Å². The molecule has 152 valence electrons. The van der Waals surface area contributed by atoms with Gasteiger partial charge in [0.1, 0.15) is 24.7 Å². The largest absolute Gasteiger partial charge is 0.497 e. The third-order valence-electron chi connectivity index (χ3n) is 4.91. The Morgan fingerprint density at radius 1 is 0.900 bits per heavy atom. The fraction of sp³-hybridized carbons (Fsp3) is 0.167. The Bertz CT molecular complexity index is 1200. The highest BCUT2D eigenvalue weighted by atomic mass is 16.5. The SMILES string of the molecule is COc1cccc(OCCNC(=O)Cn2c3ccccc3c(=O)c3ccccc32)c1. The molecule has 0 bridgehead atoms. The second-order valence-corrected chi connectivity index (χ2v) is 6.83. The molecule has 1 N–H and O–H groups in total. The Hall–Kier alpha value is -3.80. The monoisotopic (exact) mass is 402 g/mol. The van der Waals surface area contributed by atoms with Crippen LogP contribution in [0.1, 0.15) is 0 Å². The highest BCUT2D eigenvalue weighted by molar-refractivity contribution is 5.94. The molecule has 0 spiro atoms. The second kappa shape index (κ2) is 8.69. The van der Waals surface area contributed by atoms with Crippen LogP contribution in [0.5, 0.6) is 11.5 Å². The number of amides is 1. The minimum Gasteiger partial charge on any atom is -0.497 e. The van der Waals surface area contributed by atoms with E-state index in [9.17, 15) is 9.59 Å². The first-order valence-electron chi connectivity index (χ1n) is 9.71. The zero-order chi connectivity index (χ0) is 20.9. The van der Waals surface area contributed by atoms with Crippen molar-refractivity contribution in [3.8, 4) is 11.5 Å². The Kier molecular flexibility index (Phi) is 5.66. The van der Waals surface area contributed by atoms with Gasteiger partial charge in [-0.1, -0.05) is 30.3 Å². The Balaban J connectivity index is 1.47. The molecule has 0 unspecified atom stereocenters. The highest BCUT2D eigenvalue weighted by Crippen LogP contribution is 2.19. The average molecular weight is 402 g/mol.